The van der Waals surface area contributed by atoms with Gasteiger partial charge in [0.2, 0.25) is 0 Å². The molecule has 0 amide bonds. The number of hydrogen-bond donors (Lipinski definition) is 1. The predicted molar refractivity (Wildman–Crippen MR) is 66.3 cm³/mol. The van der Waals surface area contributed by atoms with E-state index in [0.717, 1.165) is 16.8 Å². The van der Waals surface area contributed by atoms with Crippen molar-refractivity contribution >= 4 is 0 Å². The van der Waals surface area contributed by atoms with E-state index in [1.807, 2.05) is 50.3 Å². The zero-order valence-electron chi connectivity index (χ0n) is 9.92. The van der Waals surface area contributed by atoms with Gasteiger partial charge in [0, 0.05) is 11.6 Å². The average molecular weight is 229 g/mol. The Morgan fingerprint density at radius 3 is 2.71 bits per heavy atom. The summed E-state index contributed by atoms with van der Waals surface area (Å²) >= 11 is 0. The van der Waals surface area contributed by atoms with Crippen molar-refractivity contribution in [3.8, 4) is 11.3 Å². The number of hydrogen-bond acceptors (Lipinski definition) is 3. The van der Waals surface area contributed by atoms with Crippen molar-refractivity contribution in [1.82, 2.24) is 5.16 Å². The zero-order chi connectivity index (χ0) is 12.3. The predicted octanol–water partition coefficient (Wildman–Crippen LogP) is 3.34. The van der Waals surface area contributed by atoms with Crippen LogP contribution in [0.15, 0.2) is 52.6 Å². The van der Waals surface area contributed by atoms with Crippen LogP contribution in [0.5, 0.6) is 0 Å². The molecule has 0 aliphatic heterocycles. The van der Waals surface area contributed by atoms with E-state index >= 15 is 0 Å². The number of benzene rings is 1. The molecule has 1 unspecified atom stereocenters. The molecule has 0 aliphatic carbocycles. The van der Waals surface area contributed by atoms with Crippen molar-refractivity contribution in [3.63, 3.8) is 0 Å². The summed E-state index contributed by atoms with van der Waals surface area (Å²) < 4.78 is 5.16. The minimum Gasteiger partial charge on any atom is -0.381 e. The summed E-state index contributed by atoms with van der Waals surface area (Å²) in [7, 11) is 0. The second-order valence-corrected chi connectivity index (χ2v) is 3.92. The molecule has 3 nitrogen and oxygen atoms in total. The SMILES string of the molecule is C/C=C(\C)C(O)c1cc(-c2ccccc2)no1. The van der Waals surface area contributed by atoms with Gasteiger partial charge >= 0.3 is 0 Å². The van der Waals surface area contributed by atoms with Crippen molar-refractivity contribution in [1.29, 1.82) is 0 Å². The van der Waals surface area contributed by atoms with Crippen LogP contribution in [0.4, 0.5) is 0 Å². The Balaban J connectivity index is 2.28. The van der Waals surface area contributed by atoms with Gasteiger partial charge in [-0.05, 0) is 19.4 Å². The van der Waals surface area contributed by atoms with E-state index in [9.17, 15) is 5.11 Å². The van der Waals surface area contributed by atoms with Crippen LogP contribution in [0.2, 0.25) is 0 Å². The molecule has 2 rings (SSSR count). The summed E-state index contributed by atoms with van der Waals surface area (Å²) in [5, 5.41) is 13.9. The maximum atomic E-state index is 9.95. The number of aliphatic hydroxyl groups is 1. The van der Waals surface area contributed by atoms with E-state index < -0.39 is 6.10 Å². The highest BCUT2D eigenvalue weighted by Gasteiger charge is 2.15. The van der Waals surface area contributed by atoms with Crippen LogP contribution in [0.3, 0.4) is 0 Å². The number of nitrogens with zero attached hydrogens (tertiary/aromatic N) is 1. The van der Waals surface area contributed by atoms with Crippen molar-refractivity contribution in [2.45, 2.75) is 20.0 Å². The van der Waals surface area contributed by atoms with E-state index in [2.05, 4.69) is 5.16 Å². The molecule has 1 aromatic carbocycles. The second-order valence-electron chi connectivity index (χ2n) is 3.92. The molecular weight excluding hydrogens is 214 g/mol. The Morgan fingerprint density at radius 2 is 2.06 bits per heavy atom. The average Bonchev–Trinajstić information content (AvgIpc) is 2.87. The molecule has 0 saturated heterocycles. The van der Waals surface area contributed by atoms with E-state index in [1.165, 1.54) is 0 Å². The highest BCUT2D eigenvalue weighted by molar-refractivity contribution is 5.58. The van der Waals surface area contributed by atoms with Gasteiger partial charge in [-0.25, -0.2) is 0 Å². The minimum absolute atomic E-state index is 0.472. The van der Waals surface area contributed by atoms with Crippen molar-refractivity contribution < 1.29 is 9.63 Å². The van der Waals surface area contributed by atoms with Gasteiger partial charge in [0.25, 0.3) is 0 Å². The normalized spacial score (nSPS) is 13.7. The first kappa shape index (κ1) is 11.6. The van der Waals surface area contributed by atoms with Crippen LogP contribution in [0, 0.1) is 0 Å². The number of aromatic nitrogens is 1. The summed E-state index contributed by atoms with van der Waals surface area (Å²) in [4.78, 5) is 0. The van der Waals surface area contributed by atoms with Gasteiger partial charge < -0.3 is 9.63 Å². The molecular formula is C14H15NO2. The zero-order valence-corrected chi connectivity index (χ0v) is 9.92. The van der Waals surface area contributed by atoms with Crippen molar-refractivity contribution in [2.24, 2.45) is 0 Å². The Labute approximate surface area is 100 Å². The molecule has 88 valence electrons. The van der Waals surface area contributed by atoms with E-state index in [4.69, 9.17) is 4.52 Å². The van der Waals surface area contributed by atoms with Gasteiger partial charge in [-0.2, -0.15) is 0 Å². The molecule has 0 saturated carbocycles. The third kappa shape index (κ3) is 2.45. The third-order valence-corrected chi connectivity index (χ3v) is 2.75. The fourth-order valence-electron chi connectivity index (χ4n) is 1.55. The summed E-state index contributed by atoms with van der Waals surface area (Å²) in [6.07, 6.45) is 1.14. The highest BCUT2D eigenvalue weighted by atomic mass is 16.5. The molecule has 1 heterocycles. The van der Waals surface area contributed by atoms with Crippen LogP contribution in [-0.2, 0) is 0 Å². The fourth-order valence-corrected chi connectivity index (χ4v) is 1.55. The maximum Gasteiger partial charge on any atom is 0.170 e. The first-order valence-corrected chi connectivity index (χ1v) is 5.55. The van der Waals surface area contributed by atoms with Crippen molar-refractivity contribution in [3.05, 3.63) is 53.8 Å². The molecule has 0 fully saturated rings. The standard InChI is InChI=1S/C14H15NO2/c1-3-10(2)14(16)13-9-12(15-17-13)11-7-5-4-6-8-11/h3-9,14,16H,1-2H3/b10-3+. The number of rotatable bonds is 3. The van der Waals surface area contributed by atoms with Gasteiger partial charge in [-0.3, -0.25) is 0 Å². The molecule has 17 heavy (non-hydrogen) atoms. The number of allylic oxidation sites excluding steroid dienone is 1. The first-order chi connectivity index (χ1) is 8.22. The lowest BCUT2D eigenvalue weighted by atomic mass is 10.1. The lowest BCUT2D eigenvalue weighted by Crippen LogP contribution is -1.96. The lowest BCUT2D eigenvalue weighted by Gasteiger charge is -2.05. The smallest absolute Gasteiger partial charge is 0.170 e. The maximum absolute atomic E-state index is 9.95. The van der Waals surface area contributed by atoms with Gasteiger partial charge in [-0.1, -0.05) is 41.6 Å². The van der Waals surface area contributed by atoms with Crippen molar-refractivity contribution in [2.75, 3.05) is 0 Å². The molecule has 1 aromatic heterocycles. The van der Waals surface area contributed by atoms with E-state index in [-0.39, 0.29) is 0 Å². The van der Waals surface area contributed by atoms with Crippen LogP contribution < -0.4 is 0 Å². The molecule has 0 aliphatic rings. The lowest BCUT2D eigenvalue weighted by molar-refractivity contribution is 0.172. The van der Waals surface area contributed by atoms with Crippen LogP contribution in [-0.4, -0.2) is 10.3 Å². The Bertz CT molecular complexity index is 514. The quantitative estimate of drug-likeness (QED) is 0.821. The van der Waals surface area contributed by atoms with Crippen LogP contribution >= 0.6 is 0 Å². The molecule has 2 aromatic rings. The summed E-state index contributed by atoms with van der Waals surface area (Å²) in [6, 6.07) is 11.5. The summed E-state index contributed by atoms with van der Waals surface area (Å²) in [6.45, 7) is 3.74. The second kappa shape index (κ2) is 4.97. The van der Waals surface area contributed by atoms with Gasteiger partial charge in [-0.15, -0.1) is 0 Å². The number of aliphatic hydroxyl groups excluding tert-OH is 1. The first-order valence-electron chi connectivity index (χ1n) is 5.55. The molecule has 1 atom stereocenters. The fraction of sp³-hybridized carbons (Fsp3) is 0.214. The Kier molecular flexibility index (Phi) is 3.40. The molecule has 3 heteroatoms. The molecule has 0 bridgehead atoms. The van der Waals surface area contributed by atoms with Crippen LogP contribution in [0.1, 0.15) is 25.7 Å². The largest absolute Gasteiger partial charge is 0.381 e. The molecule has 1 N–H and O–H groups in total. The minimum atomic E-state index is -0.718. The van der Waals surface area contributed by atoms with Gasteiger partial charge in [0.1, 0.15) is 11.8 Å². The van der Waals surface area contributed by atoms with Gasteiger partial charge in [0.05, 0.1) is 0 Å². The van der Waals surface area contributed by atoms with E-state index in [0.29, 0.717) is 5.76 Å². The Morgan fingerprint density at radius 1 is 1.35 bits per heavy atom. The summed E-state index contributed by atoms with van der Waals surface area (Å²) in [5.41, 5.74) is 2.57. The Hall–Kier alpha value is -1.87. The monoisotopic (exact) mass is 229 g/mol. The summed E-state index contributed by atoms with van der Waals surface area (Å²) in [5.74, 6) is 0.472. The third-order valence-electron chi connectivity index (χ3n) is 2.75. The molecule has 0 spiro atoms. The molecule has 0 radical (unpaired) electrons. The van der Waals surface area contributed by atoms with Gasteiger partial charge in [0.15, 0.2) is 5.76 Å². The topological polar surface area (TPSA) is 46.3 Å². The van der Waals surface area contributed by atoms with E-state index in [1.54, 1.807) is 6.07 Å². The highest BCUT2D eigenvalue weighted by Crippen LogP contribution is 2.25. The van der Waals surface area contributed by atoms with Crippen LogP contribution in [0.25, 0.3) is 11.3 Å².